The van der Waals surface area contributed by atoms with E-state index in [2.05, 4.69) is 5.32 Å². The third kappa shape index (κ3) is 4.49. The van der Waals surface area contributed by atoms with Gasteiger partial charge in [0.15, 0.2) is 0 Å². The van der Waals surface area contributed by atoms with Crippen molar-refractivity contribution in [1.29, 1.82) is 0 Å². The lowest BCUT2D eigenvalue weighted by atomic mass is 9.84. The zero-order valence-corrected chi connectivity index (χ0v) is 16.2. The van der Waals surface area contributed by atoms with Crippen LogP contribution in [0.3, 0.4) is 0 Å². The number of nitrogens with one attached hydrogen (secondary N) is 1. The summed E-state index contributed by atoms with van der Waals surface area (Å²) in [4.78, 5) is 40.0. The third-order valence-electron chi connectivity index (χ3n) is 5.91. The fourth-order valence-corrected chi connectivity index (χ4v) is 4.59. The molecule has 3 rings (SSSR count). The SMILES string of the molecule is CC(=O)NC1CN(C(C)=O)C2(CCN(C(=O)CCc3ccccc3)CC2)C1. The van der Waals surface area contributed by atoms with Crippen molar-refractivity contribution in [3.63, 3.8) is 0 Å². The lowest BCUT2D eigenvalue weighted by Crippen LogP contribution is -2.54. The highest BCUT2D eigenvalue weighted by Gasteiger charge is 2.48. The summed E-state index contributed by atoms with van der Waals surface area (Å²) < 4.78 is 0. The number of rotatable bonds is 4. The summed E-state index contributed by atoms with van der Waals surface area (Å²) in [7, 11) is 0. The van der Waals surface area contributed by atoms with E-state index in [1.165, 1.54) is 12.5 Å². The molecule has 2 fully saturated rings. The second-order valence-corrected chi connectivity index (χ2v) is 7.82. The van der Waals surface area contributed by atoms with E-state index >= 15 is 0 Å². The Labute approximate surface area is 160 Å². The van der Waals surface area contributed by atoms with Gasteiger partial charge in [-0.2, -0.15) is 0 Å². The van der Waals surface area contributed by atoms with Crippen molar-refractivity contribution < 1.29 is 14.4 Å². The quantitative estimate of drug-likeness (QED) is 0.876. The number of carbonyl (C=O) groups is 3. The van der Waals surface area contributed by atoms with Gasteiger partial charge in [-0.25, -0.2) is 0 Å². The number of nitrogens with zero attached hydrogens (tertiary/aromatic N) is 2. The minimum Gasteiger partial charge on any atom is -0.352 e. The van der Waals surface area contributed by atoms with Gasteiger partial charge < -0.3 is 15.1 Å². The highest BCUT2D eigenvalue weighted by molar-refractivity contribution is 5.78. The molecule has 6 nitrogen and oxygen atoms in total. The van der Waals surface area contributed by atoms with Gasteiger partial charge in [0.2, 0.25) is 17.7 Å². The van der Waals surface area contributed by atoms with Gasteiger partial charge in [0.05, 0.1) is 0 Å². The van der Waals surface area contributed by atoms with E-state index in [1.54, 1.807) is 6.92 Å². The molecule has 0 bridgehead atoms. The maximum Gasteiger partial charge on any atom is 0.222 e. The summed E-state index contributed by atoms with van der Waals surface area (Å²) in [6, 6.07) is 10.1. The summed E-state index contributed by atoms with van der Waals surface area (Å²) in [6.07, 6.45) is 3.60. The second-order valence-electron chi connectivity index (χ2n) is 7.82. The molecule has 1 N–H and O–H groups in total. The molecule has 0 aliphatic carbocycles. The topological polar surface area (TPSA) is 69.7 Å². The van der Waals surface area contributed by atoms with Gasteiger partial charge in [0.25, 0.3) is 0 Å². The number of aryl methyl sites for hydroxylation is 1. The zero-order valence-electron chi connectivity index (χ0n) is 16.2. The van der Waals surface area contributed by atoms with E-state index < -0.39 is 0 Å². The van der Waals surface area contributed by atoms with Crippen LogP contribution in [0.2, 0.25) is 0 Å². The van der Waals surface area contributed by atoms with Crippen LogP contribution in [0.1, 0.15) is 45.1 Å². The van der Waals surface area contributed by atoms with Crippen LogP contribution in [0.4, 0.5) is 0 Å². The third-order valence-corrected chi connectivity index (χ3v) is 5.91. The average Bonchev–Trinajstić information content (AvgIpc) is 2.98. The Kier molecular flexibility index (Phi) is 5.82. The monoisotopic (exact) mass is 371 g/mol. The Morgan fingerprint density at radius 3 is 2.37 bits per heavy atom. The summed E-state index contributed by atoms with van der Waals surface area (Å²) in [5.74, 6) is 0.167. The zero-order chi connectivity index (χ0) is 19.4. The fraction of sp³-hybridized carbons (Fsp3) is 0.571. The lowest BCUT2D eigenvalue weighted by Gasteiger charge is -2.44. The second kappa shape index (κ2) is 8.11. The number of likely N-dealkylation sites (tertiary alicyclic amines) is 2. The molecule has 3 amide bonds. The van der Waals surface area contributed by atoms with E-state index in [4.69, 9.17) is 0 Å². The number of benzene rings is 1. The first kappa shape index (κ1) is 19.4. The van der Waals surface area contributed by atoms with Crippen LogP contribution < -0.4 is 5.32 Å². The van der Waals surface area contributed by atoms with Crippen LogP contribution in [0.15, 0.2) is 30.3 Å². The van der Waals surface area contributed by atoms with Crippen LogP contribution in [0.25, 0.3) is 0 Å². The maximum atomic E-state index is 12.6. The molecule has 0 saturated carbocycles. The van der Waals surface area contributed by atoms with Crippen molar-refractivity contribution in [2.75, 3.05) is 19.6 Å². The van der Waals surface area contributed by atoms with Crippen molar-refractivity contribution in [2.45, 2.75) is 57.5 Å². The van der Waals surface area contributed by atoms with Crippen LogP contribution in [-0.4, -0.2) is 58.7 Å². The van der Waals surface area contributed by atoms with Crippen molar-refractivity contribution in [3.05, 3.63) is 35.9 Å². The molecule has 146 valence electrons. The van der Waals surface area contributed by atoms with Gasteiger partial charge in [0, 0.05) is 51.5 Å². The molecule has 0 radical (unpaired) electrons. The predicted molar refractivity (Wildman–Crippen MR) is 103 cm³/mol. The van der Waals surface area contributed by atoms with E-state index in [1.807, 2.05) is 40.1 Å². The molecule has 2 aliphatic rings. The molecule has 1 atom stereocenters. The highest BCUT2D eigenvalue weighted by Crippen LogP contribution is 2.38. The molecular weight excluding hydrogens is 342 g/mol. The summed E-state index contributed by atoms with van der Waals surface area (Å²) in [5.41, 5.74) is 0.950. The van der Waals surface area contributed by atoms with Crippen molar-refractivity contribution in [3.8, 4) is 0 Å². The molecule has 2 aliphatic heterocycles. The highest BCUT2D eigenvalue weighted by atomic mass is 16.2. The Morgan fingerprint density at radius 2 is 1.78 bits per heavy atom. The van der Waals surface area contributed by atoms with Gasteiger partial charge in [-0.15, -0.1) is 0 Å². The molecular formula is C21H29N3O3. The van der Waals surface area contributed by atoms with Crippen LogP contribution in [0, 0.1) is 0 Å². The van der Waals surface area contributed by atoms with Gasteiger partial charge in [-0.1, -0.05) is 30.3 Å². The Morgan fingerprint density at radius 1 is 1.11 bits per heavy atom. The predicted octanol–water partition coefficient (Wildman–Crippen LogP) is 1.74. The summed E-state index contributed by atoms with van der Waals surface area (Å²) in [5, 5.41) is 2.96. The van der Waals surface area contributed by atoms with Gasteiger partial charge in [-0.05, 0) is 31.2 Å². The molecule has 1 unspecified atom stereocenters. The molecule has 1 aromatic rings. The first-order valence-electron chi connectivity index (χ1n) is 9.77. The van der Waals surface area contributed by atoms with Crippen LogP contribution >= 0.6 is 0 Å². The number of hydrogen-bond acceptors (Lipinski definition) is 3. The number of piperidine rings is 1. The van der Waals surface area contributed by atoms with Gasteiger partial charge in [-0.3, -0.25) is 14.4 Å². The Balaban J connectivity index is 1.57. The van der Waals surface area contributed by atoms with E-state index in [-0.39, 0.29) is 29.3 Å². The number of amides is 3. The lowest BCUT2D eigenvalue weighted by molar-refractivity contribution is -0.138. The first-order valence-corrected chi connectivity index (χ1v) is 9.77. The Bertz CT molecular complexity index is 696. The van der Waals surface area contributed by atoms with E-state index in [0.29, 0.717) is 26.1 Å². The van der Waals surface area contributed by atoms with Crippen LogP contribution in [-0.2, 0) is 20.8 Å². The molecule has 0 aromatic heterocycles. The standard InChI is InChI=1S/C21H29N3O3/c1-16(25)22-19-14-21(24(15-19)17(2)26)10-12-23(13-11-21)20(27)9-8-18-6-4-3-5-7-18/h3-7,19H,8-15H2,1-2H3,(H,22,25). The molecule has 2 heterocycles. The van der Waals surface area contributed by atoms with Gasteiger partial charge in [0.1, 0.15) is 0 Å². The normalized spacial score (nSPS) is 21.3. The number of carbonyl (C=O) groups excluding carboxylic acids is 3. The molecule has 6 heteroatoms. The van der Waals surface area contributed by atoms with Crippen molar-refractivity contribution >= 4 is 17.7 Å². The van der Waals surface area contributed by atoms with Gasteiger partial charge >= 0.3 is 0 Å². The minimum atomic E-state index is -0.227. The maximum absolute atomic E-state index is 12.6. The van der Waals surface area contributed by atoms with Crippen molar-refractivity contribution in [2.24, 2.45) is 0 Å². The first-order chi connectivity index (χ1) is 12.9. The minimum absolute atomic E-state index is 0.00623. The van der Waals surface area contributed by atoms with E-state index in [9.17, 15) is 14.4 Å². The number of hydrogen-bond donors (Lipinski definition) is 1. The van der Waals surface area contributed by atoms with Crippen LogP contribution in [0.5, 0.6) is 0 Å². The summed E-state index contributed by atoms with van der Waals surface area (Å²) in [6.45, 7) is 5.01. The molecule has 1 aromatic carbocycles. The van der Waals surface area contributed by atoms with E-state index in [0.717, 1.165) is 25.7 Å². The largest absolute Gasteiger partial charge is 0.352 e. The van der Waals surface area contributed by atoms with Crippen molar-refractivity contribution in [1.82, 2.24) is 15.1 Å². The molecule has 1 spiro atoms. The smallest absolute Gasteiger partial charge is 0.222 e. The molecule has 27 heavy (non-hydrogen) atoms. The summed E-state index contributed by atoms with van der Waals surface area (Å²) >= 11 is 0. The molecule has 2 saturated heterocycles. The fourth-order valence-electron chi connectivity index (χ4n) is 4.59. The average molecular weight is 371 g/mol. The Hall–Kier alpha value is -2.37.